The van der Waals surface area contributed by atoms with Gasteiger partial charge in [0.2, 0.25) is 0 Å². The number of nitrogens with one attached hydrogen (secondary N) is 1. The third-order valence-electron chi connectivity index (χ3n) is 5.80. The average Bonchev–Trinajstić information content (AvgIpc) is 3.47. The topological polar surface area (TPSA) is 93.1 Å². The number of fused-ring (bicyclic) bond motifs is 1. The second kappa shape index (κ2) is 7.90. The highest BCUT2D eigenvalue weighted by Gasteiger charge is 2.52. The van der Waals surface area contributed by atoms with Crippen molar-refractivity contribution < 1.29 is 19.1 Å². The lowest BCUT2D eigenvalue weighted by atomic mass is 9.92. The van der Waals surface area contributed by atoms with Gasteiger partial charge < -0.3 is 19.7 Å². The number of alkyl carbamates (subject to hydrolysis) is 1. The van der Waals surface area contributed by atoms with Gasteiger partial charge in [0.05, 0.1) is 18.7 Å². The van der Waals surface area contributed by atoms with Crippen LogP contribution in [0.25, 0.3) is 0 Å². The van der Waals surface area contributed by atoms with Crippen molar-refractivity contribution in [2.45, 2.75) is 31.8 Å². The van der Waals surface area contributed by atoms with E-state index in [-0.39, 0.29) is 13.2 Å². The van der Waals surface area contributed by atoms with Crippen molar-refractivity contribution in [2.24, 2.45) is 4.99 Å². The highest BCUT2D eigenvalue weighted by atomic mass is 35.5. The predicted octanol–water partition coefficient (Wildman–Crippen LogP) is 3.61. The number of amidine groups is 1. The first-order valence-corrected chi connectivity index (χ1v) is 11.5. The molecule has 0 bridgehead atoms. The first-order valence-electron chi connectivity index (χ1n) is 10.3. The number of amides is 1. The van der Waals surface area contributed by atoms with E-state index in [1.807, 2.05) is 35.4 Å². The fourth-order valence-corrected chi connectivity index (χ4v) is 5.40. The van der Waals surface area contributed by atoms with Crippen LogP contribution < -0.4 is 5.32 Å². The molecule has 0 saturated carbocycles. The maximum absolute atomic E-state index is 13.2. The number of aryl methyl sites for hydroxylation is 1. The Labute approximate surface area is 193 Å². The Hall–Kier alpha value is -2.91. The van der Waals surface area contributed by atoms with E-state index in [1.165, 1.54) is 11.3 Å². The highest BCUT2D eigenvalue weighted by Crippen LogP contribution is 2.45. The zero-order chi connectivity index (χ0) is 22.5. The van der Waals surface area contributed by atoms with Crippen molar-refractivity contribution in [1.29, 1.82) is 0 Å². The van der Waals surface area contributed by atoms with E-state index >= 15 is 0 Å². The Morgan fingerprint density at radius 3 is 2.97 bits per heavy atom. The molecule has 10 heteroatoms. The van der Waals surface area contributed by atoms with E-state index in [1.54, 1.807) is 13.1 Å². The molecule has 2 aromatic rings. The van der Waals surface area contributed by atoms with Crippen molar-refractivity contribution in [3.8, 4) is 0 Å². The molecule has 2 saturated heterocycles. The van der Waals surface area contributed by atoms with Crippen LogP contribution in [0.4, 0.5) is 4.79 Å². The monoisotopic (exact) mass is 472 g/mol. The standard InChI is InChI=1S/C22H21ClN4O4S/c1-3-30-20(28)16-15-9-22(11-31-21(29)26-22)10-27(15)18(19-24-6-7-32-19)25-17(16)13-5-4-12(2)8-14(13)23/h4-8,17H,3,9-11H2,1-2H3,(H,26,29)/t17-,22+/m0/s1. The van der Waals surface area contributed by atoms with Gasteiger partial charge in [-0.2, -0.15) is 0 Å². The van der Waals surface area contributed by atoms with Gasteiger partial charge in [-0.1, -0.05) is 23.7 Å². The first-order chi connectivity index (χ1) is 15.4. The Morgan fingerprint density at radius 1 is 1.47 bits per heavy atom. The molecule has 0 unspecified atom stereocenters. The number of carbonyl (C=O) groups excluding carboxylic acids is 2. The molecule has 1 amide bonds. The molecule has 2 atom stereocenters. The van der Waals surface area contributed by atoms with Gasteiger partial charge in [-0.15, -0.1) is 11.3 Å². The number of aliphatic imine (C=N–C) groups is 1. The summed E-state index contributed by atoms with van der Waals surface area (Å²) in [7, 11) is 0. The summed E-state index contributed by atoms with van der Waals surface area (Å²) in [5, 5.41) is 6.06. The van der Waals surface area contributed by atoms with Gasteiger partial charge in [0.15, 0.2) is 10.8 Å². The summed E-state index contributed by atoms with van der Waals surface area (Å²) in [6.07, 6.45) is 1.67. The number of carbonyl (C=O) groups is 2. The third kappa shape index (κ3) is 3.45. The van der Waals surface area contributed by atoms with Crippen molar-refractivity contribution in [3.63, 3.8) is 0 Å². The largest absolute Gasteiger partial charge is 0.463 e. The highest BCUT2D eigenvalue weighted by molar-refractivity contribution is 7.11. The van der Waals surface area contributed by atoms with Gasteiger partial charge >= 0.3 is 12.1 Å². The Kier molecular flexibility index (Phi) is 5.17. The summed E-state index contributed by atoms with van der Waals surface area (Å²) in [5.74, 6) is 0.195. The molecule has 32 heavy (non-hydrogen) atoms. The van der Waals surface area contributed by atoms with Crippen LogP contribution in [0.3, 0.4) is 0 Å². The molecule has 3 aliphatic rings. The van der Waals surface area contributed by atoms with Gasteiger partial charge in [-0.25, -0.2) is 14.6 Å². The van der Waals surface area contributed by atoms with Crippen LogP contribution >= 0.6 is 22.9 Å². The summed E-state index contributed by atoms with van der Waals surface area (Å²) in [5.41, 5.74) is 2.26. The lowest BCUT2D eigenvalue weighted by Gasteiger charge is -2.32. The van der Waals surface area contributed by atoms with Gasteiger partial charge in [0.25, 0.3) is 0 Å². The molecule has 3 aliphatic heterocycles. The van der Waals surface area contributed by atoms with Crippen LogP contribution in [-0.2, 0) is 14.3 Å². The minimum absolute atomic E-state index is 0.211. The molecule has 5 rings (SSSR count). The molecular formula is C22H21ClN4O4S. The number of benzene rings is 1. The van der Waals surface area contributed by atoms with Crippen LogP contribution in [0, 0.1) is 6.92 Å². The number of aromatic nitrogens is 1. The molecule has 1 aromatic carbocycles. The minimum Gasteiger partial charge on any atom is -0.463 e. The van der Waals surface area contributed by atoms with E-state index in [0.717, 1.165) is 16.3 Å². The molecule has 4 heterocycles. The molecule has 1 aromatic heterocycles. The van der Waals surface area contributed by atoms with E-state index in [2.05, 4.69) is 10.3 Å². The van der Waals surface area contributed by atoms with Crippen molar-refractivity contribution in [2.75, 3.05) is 19.8 Å². The van der Waals surface area contributed by atoms with E-state index in [0.29, 0.717) is 35.0 Å². The number of ether oxygens (including phenoxy) is 2. The Balaban J connectivity index is 1.70. The van der Waals surface area contributed by atoms with Gasteiger partial charge in [0.1, 0.15) is 18.2 Å². The number of hydrogen-bond acceptors (Lipinski definition) is 8. The molecule has 2 fully saturated rings. The second-order valence-electron chi connectivity index (χ2n) is 8.04. The van der Waals surface area contributed by atoms with Gasteiger partial charge in [-0.3, -0.25) is 4.99 Å². The van der Waals surface area contributed by atoms with Gasteiger partial charge in [-0.05, 0) is 25.5 Å². The number of halogens is 1. The zero-order valence-electron chi connectivity index (χ0n) is 17.6. The van der Waals surface area contributed by atoms with Crippen LogP contribution in [0.5, 0.6) is 0 Å². The average molecular weight is 473 g/mol. The minimum atomic E-state index is -0.652. The maximum Gasteiger partial charge on any atom is 0.407 e. The molecular weight excluding hydrogens is 452 g/mol. The summed E-state index contributed by atoms with van der Waals surface area (Å²) in [6.45, 7) is 4.59. The molecule has 0 aliphatic carbocycles. The Morgan fingerprint density at radius 2 is 2.31 bits per heavy atom. The molecule has 0 radical (unpaired) electrons. The lowest BCUT2D eigenvalue weighted by molar-refractivity contribution is -0.139. The SMILES string of the molecule is CCOC(=O)C1=C2C[C@]3(COC(=O)N3)CN2C(c2nccs2)=N[C@H]1c1ccc(C)cc1Cl. The van der Waals surface area contributed by atoms with E-state index in [4.69, 9.17) is 26.1 Å². The number of rotatable bonds is 4. The summed E-state index contributed by atoms with van der Waals surface area (Å²) in [4.78, 5) is 36.5. The summed E-state index contributed by atoms with van der Waals surface area (Å²) < 4.78 is 10.7. The summed E-state index contributed by atoms with van der Waals surface area (Å²) in [6, 6.07) is 5.05. The number of thiazole rings is 1. The van der Waals surface area contributed by atoms with Crippen molar-refractivity contribution in [3.05, 3.63) is 62.2 Å². The maximum atomic E-state index is 13.2. The predicted molar refractivity (Wildman–Crippen MR) is 120 cm³/mol. The molecule has 1 N–H and O–H groups in total. The van der Waals surface area contributed by atoms with Crippen molar-refractivity contribution in [1.82, 2.24) is 15.2 Å². The number of nitrogens with zero attached hydrogens (tertiary/aromatic N) is 3. The van der Waals surface area contributed by atoms with Gasteiger partial charge in [0, 0.05) is 34.3 Å². The second-order valence-corrected chi connectivity index (χ2v) is 9.34. The molecule has 166 valence electrons. The molecule has 1 spiro atoms. The smallest absolute Gasteiger partial charge is 0.407 e. The number of cyclic esters (lactones) is 1. The van der Waals surface area contributed by atoms with E-state index < -0.39 is 23.6 Å². The van der Waals surface area contributed by atoms with Crippen LogP contribution in [0.1, 0.15) is 35.5 Å². The summed E-state index contributed by atoms with van der Waals surface area (Å²) >= 11 is 8.08. The molecule has 8 nitrogen and oxygen atoms in total. The third-order valence-corrected chi connectivity index (χ3v) is 6.90. The Bertz CT molecular complexity index is 1160. The lowest BCUT2D eigenvalue weighted by Crippen LogP contribution is -2.47. The quantitative estimate of drug-likeness (QED) is 0.683. The van der Waals surface area contributed by atoms with E-state index in [9.17, 15) is 9.59 Å². The van der Waals surface area contributed by atoms with Crippen molar-refractivity contribution >= 4 is 40.8 Å². The fourth-order valence-electron chi connectivity index (χ4n) is 4.42. The van der Waals surface area contributed by atoms with Crippen LogP contribution in [0.15, 0.2) is 46.0 Å². The zero-order valence-corrected chi connectivity index (χ0v) is 19.1. The number of hydrogen-bond donors (Lipinski definition) is 1. The van der Waals surface area contributed by atoms with Crippen LogP contribution in [0.2, 0.25) is 5.02 Å². The van der Waals surface area contributed by atoms with Crippen LogP contribution in [-0.4, -0.2) is 53.1 Å². The normalized spacial score (nSPS) is 24.3. The first kappa shape index (κ1) is 21.0. The fraction of sp³-hybridized carbons (Fsp3) is 0.364. The number of esters is 1.